The Morgan fingerprint density at radius 2 is 2.00 bits per heavy atom. The predicted octanol–water partition coefficient (Wildman–Crippen LogP) is 1.46. The van der Waals surface area contributed by atoms with Gasteiger partial charge in [0.05, 0.1) is 0 Å². The number of hydrogen-bond donors (Lipinski definition) is 3. The second-order valence-electron chi connectivity index (χ2n) is 5.04. The van der Waals surface area contributed by atoms with Crippen molar-refractivity contribution in [1.82, 2.24) is 10.6 Å². The molecule has 0 atom stereocenters. The van der Waals surface area contributed by atoms with Crippen molar-refractivity contribution in [2.75, 3.05) is 13.1 Å². The molecule has 0 fully saturated rings. The van der Waals surface area contributed by atoms with Gasteiger partial charge in [0.2, 0.25) is 0 Å². The standard InChI is InChI=1S/C11H25N3O/c1-9(2)14-10(15)13-8-11(3,4)6-5-7-12/h9H,5-8,12H2,1-4H3,(H2,13,14,15). The van der Waals surface area contributed by atoms with Gasteiger partial charge in [0.1, 0.15) is 0 Å². The molecule has 0 radical (unpaired) electrons. The van der Waals surface area contributed by atoms with Gasteiger partial charge in [0.15, 0.2) is 0 Å². The Bertz CT molecular complexity index is 190. The lowest BCUT2D eigenvalue weighted by molar-refractivity contribution is 0.229. The van der Waals surface area contributed by atoms with E-state index in [9.17, 15) is 4.79 Å². The summed E-state index contributed by atoms with van der Waals surface area (Å²) in [7, 11) is 0. The topological polar surface area (TPSA) is 67.2 Å². The molecule has 15 heavy (non-hydrogen) atoms. The van der Waals surface area contributed by atoms with Gasteiger partial charge in [-0.2, -0.15) is 0 Å². The van der Waals surface area contributed by atoms with Crippen molar-refractivity contribution in [3.8, 4) is 0 Å². The first-order valence-electron chi connectivity index (χ1n) is 5.62. The molecule has 0 saturated heterocycles. The maximum atomic E-state index is 11.3. The van der Waals surface area contributed by atoms with E-state index >= 15 is 0 Å². The minimum absolute atomic E-state index is 0.0918. The monoisotopic (exact) mass is 215 g/mol. The highest BCUT2D eigenvalue weighted by Gasteiger charge is 2.18. The number of amides is 2. The minimum Gasteiger partial charge on any atom is -0.338 e. The highest BCUT2D eigenvalue weighted by Crippen LogP contribution is 2.20. The van der Waals surface area contributed by atoms with Gasteiger partial charge in [-0.15, -0.1) is 0 Å². The summed E-state index contributed by atoms with van der Waals surface area (Å²) < 4.78 is 0. The highest BCUT2D eigenvalue weighted by molar-refractivity contribution is 5.74. The van der Waals surface area contributed by atoms with Crippen LogP contribution in [0.2, 0.25) is 0 Å². The first-order chi connectivity index (χ1) is 6.87. The summed E-state index contributed by atoms with van der Waals surface area (Å²) in [5.41, 5.74) is 5.58. The molecule has 0 aliphatic rings. The summed E-state index contributed by atoms with van der Waals surface area (Å²) in [6, 6.07) is 0.0861. The second kappa shape index (κ2) is 6.67. The Hall–Kier alpha value is -0.770. The normalized spacial score (nSPS) is 11.6. The fourth-order valence-electron chi connectivity index (χ4n) is 1.30. The van der Waals surface area contributed by atoms with Gasteiger partial charge in [0, 0.05) is 12.6 Å². The van der Waals surface area contributed by atoms with Crippen LogP contribution in [0.15, 0.2) is 0 Å². The third kappa shape index (κ3) is 8.24. The average molecular weight is 215 g/mol. The largest absolute Gasteiger partial charge is 0.338 e. The van der Waals surface area contributed by atoms with Crippen LogP contribution >= 0.6 is 0 Å². The molecule has 0 unspecified atom stereocenters. The third-order valence-corrected chi connectivity index (χ3v) is 2.20. The summed E-state index contributed by atoms with van der Waals surface area (Å²) >= 11 is 0. The molecule has 0 aromatic heterocycles. The van der Waals surface area contributed by atoms with Crippen LogP contribution in [0.3, 0.4) is 0 Å². The zero-order chi connectivity index (χ0) is 11.9. The van der Waals surface area contributed by atoms with E-state index in [-0.39, 0.29) is 17.5 Å². The summed E-state index contributed by atoms with van der Waals surface area (Å²) in [6.07, 6.45) is 2.03. The molecule has 0 aromatic carbocycles. The van der Waals surface area contributed by atoms with E-state index in [4.69, 9.17) is 5.73 Å². The van der Waals surface area contributed by atoms with Crippen LogP contribution in [0, 0.1) is 5.41 Å². The van der Waals surface area contributed by atoms with Gasteiger partial charge in [-0.05, 0) is 38.6 Å². The summed E-state index contributed by atoms with van der Waals surface area (Å²) in [4.78, 5) is 11.3. The van der Waals surface area contributed by atoms with Crippen molar-refractivity contribution >= 4 is 6.03 Å². The van der Waals surface area contributed by atoms with Gasteiger partial charge in [-0.1, -0.05) is 13.8 Å². The molecule has 0 spiro atoms. The quantitative estimate of drug-likeness (QED) is 0.628. The molecule has 0 bridgehead atoms. The molecule has 4 N–H and O–H groups in total. The van der Waals surface area contributed by atoms with Crippen LogP contribution in [0.1, 0.15) is 40.5 Å². The van der Waals surface area contributed by atoms with E-state index in [1.807, 2.05) is 13.8 Å². The van der Waals surface area contributed by atoms with Crippen LogP contribution in [0.4, 0.5) is 4.79 Å². The Kier molecular flexibility index (Phi) is 6.32. The lowest BCUT2D eigenvalue weighted by Gasteiger charge is -2.25. The summed E-state index contributed by atoms with van der Waals surface area (Å²) in [5, 5.41) is 5.67. The molecule has 0 heterocycles. The first-order valence-corrected chi connectivity index (χ1v) is 5.62. The summed E-state index contributed by atoms with van der Waals surface area (Å²) in [5.74, 6) is 0. The molecular formula is C11H25N3O. The number of rotatable bonds is 6. The number of carbonyl (C=O) groups excluding carboxylic acids is 1. The molecular weight excluding hydrogens is 190 g/mol. The second-order valence-corrected chi connectivity index (χ2v) is 5.04. The van der Waals surface area contributed by atoms with Crippen LogP contribution in [0.25, 0.3) is 0 Å². The minimum atomic E-state index is -0.0918. The lowest BCUT2D eigenvalue weighted by atomic mass is 9.88. The van der Waals surface area contributed by atoms with Gasteiger partial charge in [0.25, 0.3) is 0 Å². The molecule has 0 aliphatic carbocycles. The number of urea groups is 1. The van der Waals surface area contributed by atoms with E-state index in [2.05, 4.69) is 24.5 Å². The zero-order valence-electron chi connectivity index (χ0n) is 10.4. The van der Waals surface area contributed by atoms with Crippen molar-refractivity contribution in [3.05, 3.63) is 0 Å². The maximum absolute atomic E-state index is 11.3. The van der Waals surface area contributed by atoms with Gasteiger partial charge < -0.3 is 16.4 Å². The van der Waals surface area contributed by atoms with Crippen molar-refractivity contribution in [2.45, 2.75) is 46.6 Å². The maximum Gasteiger partial charge on any atom is 0.315 e. The number of hydrogen-bond acceptors (Lipinski definition) is 2. The fourth-order valence-corrected chi connectivity index (χ4v) is 1.30. The highest BCUT2D eigenvalue weighted by atomic mass is 16.2. The number of carbonyl (C=O) groups is 1. The Labute approximate surface area is 93.0 Å². The Balaban J connectivity index is 3.77. The third-order valence-electron chi connectivity index (χ3n) is 2.20. The fraction of sp³-hybridized carbons (Fsp3) is 0.909. The summed E-state index contributed by atoms with van der Waals surface area (Å²) in [6.45, 7) is 9.56. The zero-order valence-corrected chi connectivity index (χ0v) is 10.4. The van der Waals surface area contributed by atoms with Crippen molar-refractivity contribution in [2.24, 2.45) is 11.1 Å². The smallest absolute Gasteiger partial charge is 0.315 e. The Morgan fingerprint density at radius 1 is 1.40 bits per heavy atom. The van der Waals surface area contributed by atoms with Gasteiger partial charge in [-0.25, -0.2) is 4.79 Å². The van der Waals surface area contributed by atoms with Crippen LogP contribution in [-0.2, 0) is 0 Å². The van der Waals surface area contributed by atoms with Crippen molar-refractivity contribution < 1.29 is 4.79 Å². The number of nitrogens with two attached hydrogens (primary N) is 1. The molecule has 4 heteroatoms. The van der Waals surface area contributed by atoms with Gasteiger partial charge in [-0.3, -0.25) is 0 Å². The van der Waals surface area contributed by atoms with Crippen LogP contribution in [0.5, 0.6) is 0 Å². The van der Waals surface area contributed by atoms with E-state index in [0.29, 0.717) is 13.1 Å². The van der Waals surface area contributed by atoms with E-state index in [1.54, 1.807) is 0 Å². The van der Waals surface area contributed by atoms with Crippen LogP contribution in [-0.4, -0.2) is 25.2 Å². The van der Waals surface area contributed by atoms with Gasteiger partial charge >= 0.3 is 6.03 Å². The molecule has 0 saturated carbocycles. The van der Waals surface area contributed by atoms with E-state index in [0.717, 1.165) is 12.8 Å². The molecule has 0 rings (SSSR count). The molecule has 2 amide bonds. The molecule has 4 nitrogen and oxygen atoms in total. The average Bonchev–Trinajstić information content (AvgIpc) is 2.11. The Morgan fingerprint density at radius 3 is 2.47 bits per heavy atom. The van der Waals surface area contributed by atoms with Crippen molar-refractivity contribution in [1.29, 1.82) is 0 Å². The molecule has 0 aromatic rings. The lowest BCUT2D eigenvalue weighted by Crippen LogP contribution is -2.43. The van der Waals surface area contributed by atoms with Crippen LogP contribution < -0.4 is 16.4 Å². The van der Waals surface area contributed by atoms with E-state index in [1.165, 1.54) is 0 Å². The first kappa shape index (κ1) is 14.2. The van der Waals surface area contributed by atoms with E-state index < -0.39 is 0 Å². The molecule has 90 valence electrons. The number of nitrogens with one attached hydrogen (secondary N) is 2. The van der Waals surface area contributed by atoms with Crippen molar-refractivity contribution in [3.63, 3.8) is 0 Å². The molecule has 0 aliphatic heterocycles. The SMILES string of the molecule is CC(C)NC(=O)NCC(C)(C)CCCN. The predicted molar refractivity (Wildman–Crippen MR) is 63.7 cm³/mol.